The summed E-state index contributed by atoms with van der Waals surface area (Å²) < 4.78 is 11.3. The number of hydrogen-bond donors (Lipinski definition) is 1. The molecule has 9 heteroatoms. The third-order valence-corrected chi connectivity index (χ3v) is 5.87. The number of fused-ring (bicyclic) bond motifs is 1. The molecule has 0 bridgehead atoms. The van der Waals surface area contributed by atoms with Crippen LogP contribution in [0.25, 0.3) is 11.0 Å². The number of amides is 1. The predicted molar refractivity (Wildman–Crippen MR) is 133 cm³/mol. The first kappa shape index (κ1) is 23.5. The Morgan fingerprint density at radius 1 is 1.21 bits per heavy atom. The lowest BCUT2D eigenvalue weighted by Gasteiger charge is -2.08. The molecule has 1 N–H and O–H groups in total. The predicted octanol–water partition coefficient (Wildman–Crippen LogP) is 6.04. The first-order chi connectivity index (χ1) is 16.5. The van der Waals surface area contributed by atoms with Gasteiger partial charge in [-0.05, 0) is 43.3 Å². The van der Waals surface area contributed by atoms with Crippen LogP contribution in [0, 0.1) is 0 Å². The Balaban J connectivity index is 1.70. The van der Waals surface area contributed by atoms with Crippen LogP contribution in [-0.2, 0) is 0 Å². The van der Waals surface area contributed by atoms with Gasteiger partial charge in [0.15, 0.2) is 16.6 Å². The number of furan rings is 1. The zero-order chi connectivity index (χ0) is 24.1. The first-order valence-corrected chi connectivity index (χ1v) is 11.7. The molecular weight excluding hydrogens is 474 g/mol. The lowest BCUT2D eigenvalue weighted by molar-refractivity contribution is 0.101. The smallest absolute Gasteiger partial charge is 0.276 e. The molecule has 0 aliphatic carbocycles. The Bertz CT molecular complexity index is 1370. The molecule has 0 atom stereocenters. The standard InChI is InChI=1S/C25H20ClN3O4S/c1-3-13-34-25-27-14-18(26)21(29-25)24(31)28-20-17-7-5-6-8-19(17)33-23(20)22(30)15-9-11-16(12-10-15)32-4-2/h3,5-12,14H,1,4,13H2,2H3,(H,28,31). The summed E-state index contributed by atoms with van der Waals surface area (Å²) in [4.78, 5) is 34.8. The van der Waals surface area contributed by atoms with E-state index >= 15 is 0 Å². The molecule has 4 rings (SSSR count). The van der Waals surface area contributed by atoms with Gasteiger partial charge >= 0.3 is 0 Å². The molecule has 0 spiro atoms. The number of halogens is 1. The number of ketones is 1. The highest BCUT2D eigenvalue weighted by Crippen LogP contribution is 2.33. The second-order valence-corrected chi connectivity index (χ2v) is 8.39. The molecule has 7 nitrogen and oxygen atoms in total. The van der Waals surface area contributed by atoms with Gasteiger partial charge in [0.1, 0.15) is 11.3 Å². The maximum atomic E-state index is 13.3. The summed E-state index contributed by atoms with van der Waals surface area (Å²) in [6, 6.07) is 13.8. The summed E-state index contributed by atoms with van der Waals surface area (Å²) in [6.07, 6.45) is 3.08. The number of rotatable bonds is 9. The Morgan fingerprint density at radius 3 is 2.71 bits per heavy atom. The van der Waals surface area contributed by atoms with Crippen LogP contribution in [0.2, 0.25) is 5.02 Å². The van der Waals surface area contributed by atoms with E-state index in [0.717, 1.165) is 0 Å². The largest absolute Gasteiger partial charge is 0.494 e. The number of aromatic nitrogens is 2. The quantitative estimate of drug-likeness (QED) is 0.131. The molecule has 0 aliphatic heterocycles. The second kappa shape index (κ2) is 10.5. The van der Waals surface area contributed by atoms with Crippen LogP contribution in [-0.4, -0.2) is 34.0 Å². The molecule has 0 fully saturated rings. The van der Waals surface area contributed by atoms with Crippen molar-refractivity contribution in [3.05, 3.63) is 89.4 Å². The SMILES string of the molecule is C=CCSc1ncc(Cl)c(C(=O)Nc2c(C(=O)c3ccc(OCC)cc3)oc3ccccc23)n1. The Labute approximate surface area is 205 Å². The van der Waals surface area contributed by atoms with Gasteiger partial charge in [-0.2, -0.15) is 0 Å². The van der Waals surface area contributed by atoms with Gasteiger partial charge in [0.05, 0.1) is 23.5 Å². The fraction of sp³-hybridized carbons (Fsp3) is 0.120. The Morgan fingerprint density at radius 2 is 1.97 bits per heavy atom. The fourth-order valence-electron chi connectivity index (χ4n) is 3.22. The number of benzene rings is 2. The van der Waals surface area contributed by atoms with Gasteiger partial charge in [-0.15, -0.1) is 6.58 Å². The summed E-state index contributed by atoms with van der Waals surface area (Å²) in [6.45, 7) is 6.07. The minimum absolute atomic E-state index is 0.00476. The van der Waals surface area contributed by atoms with Gasteiger partial charge in [-0.3, -0.25) is 9.59 Å². The van der Waals surface area contributed by atoms with Crippen LogP contribution < -0.4 is 10.1 Å². The van der Waals surface area contributed by atoms with Crippen LogP contribution >= 0.6 is 23.4 Å². The highest BCUT2D eigenvalue weighted by molar-refractivity contribution is 7.99. The second-order valence-electron chi connectivity index (χ2n) is 6.99. The van der Waals surface area contributed by atoms with Crippen molar-refractivity contribution >= 4 is 51.7 Å². The lowest BCUT2D eigenvalue weighted by atomic mass is 10.1. The Hall–Kier alpha value is -3.62. The molecule has 172 valence electrons. The van der Waals surface area contributed by atoms with E-state index in [1.54, 1.807) is 54.6 Å². The van der Waals surface area contributed by atoms with E-state index in [1.807, 2.05) is 6.92 Å². The van der Waals surface area contributed by atoms with E-state index in [-0.39, 0.29) is 27.9 Å². The van der Waals surface area contributed by atoms with Crippen molar-refractivity contribution < 1.29 is 18.7 Å². The first-order valence-electron chi connectivity index (χ1n) is 10.4. The number of nitrogens with zero attached hydrogens (tertiary/aromatic N) is 2. The summed E-state index contributed by atoms with van der Waals surface area (Å²) in [5, 5.41) is 3.83. The highest BCUT2D eigenvalue weighted by atomic mass is 35.5. The summed E-state index contributed by atoms with van der Waals surface area (Å²) in [5.41, 5.74) is 1.09. The zero-order valence-corrected chi connectivity index (χ0v) is 19.8. The minimum atomic E-state index is -0.583. The summed E-state index contributed by atoms with van der Waals surface area (Å²) in [5.74, 6) is 0.270. The zero-order valence-electron chi connectivity index (χ0n) is 18.2. The number of para-hydroxylation sites is 1. The van der Waals surface area contributed by atoms with Crippen molar-refractivity contribution in [2.45, 2.75) is 12.1 Å². The third kappa shape index (κ3) is 4.98. The molecule has 4 aromatic rings. The molecule has 0 radical (unpaired) electrons. The number of carbonyl (C=O) groups is 2. The van der Waals surface area contributed by atoms with Crippen molar-refractivity contribution in [2.75, 3.05) is 17.7 Å². The van der Waals surface area contributed by atoms with Crippen LogP contribution in [0.5, 0.6) is 5.75 Å². The fourth-order valence-corrected chi connectivity index (χ4v) is 3.94. The molecule has 0 saturated heterocycles. The number of ether oxygens (including phenoxy) is 1. The van der Waals surface area contributed by atoms with Gasteiger partial charge < -0.3 is 14.5 Å². The average Bonchev–Trinajstić information content (AvgIpc) is 3.22. The molecule has 0 unspecified atom stereocenters. The minimum Gasteiger partial charge on any atom is -0.494 e. The summed E-state index contributed by atoms with van der Waals surface area (Å²) in [7, 11) is 0. The maximum absolute atomic E-state index is 13.3. The molecule has 34 heavy (non-hydrogen) atoms. The van der Waals surface area contributed by atoms with E-state index < -0.39 is 5.91 Å². The van der Waals surface area contributed by atoms with Gasteiger partial charge in [0, 0.05) is 16.7 Å². The lowest BCUT2D eigenvalue weighted by Crippen LogP contribution is -2.17. The summed E-state index contributed by atoms with van der Waals surface area (Å²) >= 11 is 7.52. The maximum Gasteiger partial charge on any atom is 0.276 e. The van der Waals surface area contributed by atoms with E-state index in [0.29, 0.717) is 39.8 Å². The Kier molecular flexibility index (Phi) is 7.30. The van der Waals surface area contributed by atoms with Crippen LogP contribution in [0.1, 0.15) is 33.5 Å². The molecule has 2 aromatic carbocycles. The van der Waals surface area contributed by atoms with Gasteiger partial charge in [-0.1, -0.05) is 41.6 Å². The van der Waals surface area contributed by atoms with Gasteiger partial charge in [-0.25, -0.2) is 9.97 Å². The third-order valence-electron chi connectivity index (χ3n) is 4.74. The highest BCUT2D eigenvalue weighted by Gasteiger charge is 2.25. The van der Waals surface area contributed by atoms with Crippen molar-refractivity contribution in [1.82, 2.24) is 9.97 Å². The van der Waals surface area contributed by atoms with Gasteiger partial charge in [0.2, 0.25) is 5.78 Å². The van der Waals surface area contributed by atoms with Crippen LogP contribution in [0.15, 0.2) is 77.0 Å². The van der Waals surface area contributed by atoms with Crippen molar-refractivity contribution in [3.63, 3.8) is 0 Å². The monoisotopic (exact) mass is 493 g/mol. The van der Waals surface area contributed by atoms with Gasteiger partial charge in [0.25, 0.3) is 5.91 Å². The normalized spacial score (nSPS) is 10.8. The number of hydrogen-bond acceptors (Lipinski definition) is 7. The molecule has 0 aliphatic rings. The van der Waals surface area contributed by atoms with Crippen LogP contribution in [0.4, 0.5) is 5.69 Å². The van der Waals surface area contributed by atoms with Crippen molar-refractivity contribution in [2.24, 2.45) is 0 Å². The number of nitrogens with one attached hydrogen (secondary N) is 1. The van der Waals surface area contributed by atoms with E-state index in [1.165, 1.54) is 18.0 Å². The number of carbonyl (C=O) groups excluding carboxylic acids is 2. The molecule has 0 saturated carbocycles. The number of thioether (sulfide) groups is 1. The van der Waals surface area contributed by atoms with Crippen LogP contribution in [0.3, 0.4) is 0 Å². The molecule has 2 aromatic heterocycles. The van der Waals surface area contributed by atoms with Crippen molar-refractivity contribution in [1.29, 1.82) is 0 Å². The molecular formula is C25H20ClN3O4S. The molecule has 1 amide bonds. The topological polar surface area (TPSA) is 94.3 Å². The van der Waals surface area contributed by atoms with E-state index in [4.69, 9.17) is 20.8 Å². The van der Waals surface area contributed by atoms with Crippen molar-refractivity contribution in [3.8, 4) is 5.75 Å². The van der Waals surface area contributed by atoms with E-state index in [2.05, 4.69) is 21.9 Å². The van der Waals surface area contributed by atoms with E-state index in [9.17, 15) is 9.59 Å². The molecule has 2 heterocycles. The average molecular weight is 494 g/mol. The number of anilines is 1.